The molecule has 1 aromatic rings. The van der Waals surface area contributed by atoms with Crippen molar-refractivity contribution in [3.63, 3.8) is 0 Å². The Morgan fingerprint density at radius 2 is 2.18 bits per heavy atom. The molecule has 96 valence electrons. The number of alkyl halides is 1. The van der Waals surface area contributed by atoms with Crippen molar-refractivity contribution >= 4 is 0 Å². The number of aryl methyl sites for hydroxylation is 1. The largest absolute Gasteiger partial charge is 0.493 e. The first-order valence-electron chi connectivity index (χ1n) is 6.21. The van der Waals surface area contributed by atoms with Crippen molar-refractivity contribution in [3.8, 4) is 5.75 Å². The van der Waals surface area contributed by atoms with E-state index >= 15 is 0 Å². The standard InChI is InChI=1S/C14H22FNO/c1-4-16-12(3)13-7-6-11(2)10-14(13)17-9-5-8-15/h6-7,10,12,16H,4-5,8-9H2,1-3H3. The number of ether oxygens (including phenoxy) is 1. The first-order valence-corrected chi connectivity index (χ1v) is 6.21. The Kier molecular flexibility index (Phi) is 5.98. The monoisotopic (exact) mass is 239 g/mol. The van der Waals surface area contributed by atoms with E-state index in [4.69, 9.17) is 4.74 Å². The van der Waals surface area contributed by atoms with Crippen LogP contribution in [-0.4, -0.2) is 19.8 Å². The van der Waals surface area contributed by atoms with Crippen LogP contribution in [0.4, 0.5) is 4.39 Å². The van der Waals surface area contributed by atoms with Crippen molar-refractivity contribution in [1.82, 2.24) is 5.32 Å². The molecule has 0 aliphatic carbocycles. The molecule has 1 rings (SSSR count). The molecule has 2 nitrogen and oxygen atoms in total. The van der Waals surface area contributed by atoms with E-state index in [0.717, 1.165) is 23.4 Å². The first-order chi connectivity index (χ1) is 8.19. The second-order valence-electron chi connectivity index (χ2n) is 4.21. The highest BCUT2D eigenvalue weighted by molar-refractivity contribution is 5.39. The molecule has 0 saturated heterocycles. The Balaban J connectivity index is 2.79. The maximum atomic E-state index is 12.1. The maximum Gasteiger partial charge on any atom is 0.124 e. The van der Waals surface area contributed by atoms with Crippen LogP contribution in [0.2, 0.25) is 0 Å². The van der Waals surface area contributed by atoms with Crippen molar-refractivity contribution in [1.29, 1.82) is 0 Å². The molecule has 0 fully saturated rings. The second kappa shape index (κ2) is 7.28. The van der Waals surface area contributed by atoms with Crippen LogP contribution in [0.3, 0.4) is 0 Å². The van der Waals surface area contributed by atoms with E-state index in [9.17, 15) is 4.39 Å². The van der Waals surface area contributed by atoms with Gasteiger partial charge in [-0.05, 0) is 32.0 Å². The van der Waals surface area contributed by atoms with Gasteiger partial charge in [0.25, 0.3) is 0 Å². The fraction of sp³-hybridized carbons (Fsp3) is 0.571. The first kappa shape index (κ1) is 14.0. The van der Waals surface area contributed by atoms with Crippen molar-refractivity contribution < 1.29 is 9.13 Å². The molecule has 0 aliphatic rings. The summed E-state index contributed by atoms with van der Waals surface area (Å²) in [6.07, 6.45) is 0.447. The van der Waals surface area contributed by atoms with Gasteiger partial charge in [0, 0.05) is 18.0 Å². The third-order valence-corrected chi connectivity index (χ3v) is 2.68. The number of hydrogen-bond donors (Lipinski definition) is 1. The summed E-state index contributed by atoms with van der Waals surface area (Å²) in [6, 6.07) is 6.42. The zero-order chi connectivity index (χ0) is 12.7. The predicted octanol–water partition coefficient (Wildman–Crippen LogP) is 3.40. The molecular formula is C14H22FNO. The SMILES string of the molecule is CCNC(C)c1ccc(C)cc1OCCCF. The molecule has 0 bridgehead atoms. The lowest BCUT2D eigenvalue weighted by Crippen LogP contribution is -2.18. The average molecular weight is 239 g/mol. The van der Waals surface area contributed by atoms with E-state index in [0.29, 0.717) is 13.0 Å². The van der Waals surface area contributed by atoms with Crippen LogP contribution >= 0.6 is 0 Å². The van der Waals surface area contributed by atoms with Crippen LogP contribution in [0.15, 0.2) is 18.2 Å². The fourth-order valence-electron chi connectivity index (χ4n) is 1.78. The molecule has 17 heavy (non-hydrogen) atoms. The number of rotatable bonds is 7. The molecule has 0 aromatic heterocycles. The van der Waals surface area contributed by atoms with Crippen LogP contribution in [0.5, 0.6) is 5.75 Å². The number of hydrogen-bond acceptors (Lipinski definition) is 2. The molecular weight excluding hydrogens is 217 g/mol. The highest BCUT2D eigenvalue weighted by Crippen LogP contribution is 2.26. The lowest BCUT2D eigenvalue weighted by Gasteiger charge is -2.18. The van der Waals surface area contributed by atoms with E-state index in [-0.39, 0.29) is 12.7 Å². The lowest BCUT2D eigenvalue weighted by molar-refractivity contribution is 0.285. The van der Waals surface area contributed by atoms with Gasteiger partial charge in [0.05, 0.1) is 13.3 Å². The van der Waals surface area contributed by atoms with Crippen LogP contribution in [0.25, 0.3) is 0 Å². The molecule has 1 aromatic carbocycles. The summed E-state index contributed by atoms with van der Waals surface area (Å²) in [4.78, 5) is 0. The minimum Gasteiger partial charge on any atom is -0.493 e. The van der Waals surface area contributed by atoms with Gasteiger partial charge < -0.3 is 10.1 Å². The summed E-state index contributed by atoms with van der Waals surface area (Å²) in [7, 11) is 0. The van der Waals surface area contributed by atoms with Gasteiger partial charge in [-0.2, -0.15) is 0 Å². The summed E-state index contributed by atoms with van der Waals surface area (Å²) in [5.74, 6) is 0.868. The van der Waals surface area contributed by atoms with Crippen molar-refractivity contribution in [2.45, 2.75) is 33.2 Å². The van der Waals surface area contributed by atoms with Crippen molar-refractivity contribution in [2.24, 2.45) is 0 Å². The molecule has 3 heteroatoms. The van der Waals surface area contributed by atoms with E-state index in [2.05, 4.69) is 31.3 Å². The molecule has 1 unspecified atom stereocenters. The summed E-state index contributed by atoms with van der Waals surface area (Å²) >= 11 is 0. The average Bonchev–Trinajstić information content (AvgIpc) is 2.30. The third kappa shape index (κ3) is 4.35. The van der Waals surface area contributed by atoms with E-state index in [1.165, 1.54) is 0 Å². The van der Waals surface area contributed by atoms with Gasteiger partial charge in [0.15, 0.2) is 0 Å². The van der Waals surface area contributed by atoms with Crippen LogP contribution in [0, 0.1) is 6.92 Å². The van der Waals surface area contributed by atoms with E-state index in [1.54, 1.807) is 0 Å². The smallest absolute Gasteiger partial charge is 0.124 e. The fourth-order valence-corrected chi connectivity index (χ4v) is 1.78. The maximum absolute atomic E-state index is 12.1. The number of benzene rings is 1. The van der Waals surface area contributed by atoms with Gasteiger partial charge >= 0.3 is 0 Å². The third-order valence-electron chi connectivity index (χ3n) is 2.68. The topological polar surface area (TPSA) is 21.3 Å². The van der Waals surface area contributed by atoms with Gasteiger partial charge in [-0.25, -0.2) is 0 Å². The summed E-state index contributed by atoms with van der Waals surface area (Å²) < 4.78 is 17.7. The Hall–Kier alpha value is -1.09. The molecule has 0 radical (unpaired) electrons. The molecule has 0 amide bonds. The Bertz CT molecular complexity index is 341. The van der Waals surface area contributed by atoms with E-state index < -0.39 is 0 Å². The Morgan fingerprint density at radius 1 is 1.41 bits per heavy atom. The second-order valence-corrected chi connectivity index (χ2v) is 4.21. The van der Waals surface area contributed by atoms with Gasteiger partial charge in [0.2, 0.25) is 0 Å². The molecule has 1 atom stereocenters. The summed E-state index contributed by atoms with van der Waals surface area (Å²) in [5, 5.41) is 3.36. The summed E-state index contributed by atoms with van der Waals surface area (Å²) in [5.41, 5.74) is 2.30. The number of halogens is 1. The highest BCUT2D eigenvalue weighted by atomic mass is 19.1. The van der Waals surface area contributed by atoms with Crippen molar-refractivity contribution in [2.75, 3.05) is 19.8 Å². The Labute approximate surface area is 103 Å². The number of nitrogens with one attached hydrogen (secondary N) is 1. The predicted molar refractivity (Wildman–Crippen MR) is 69.4 cm³/mol. The highest BCUT2D eigenvalue weighted by Gasteiger charge is 2.10. The zero-order valence-corrected chi connectivity index (χ0v) is 10.9. The zero-order valence-electron chi connectivity index (χ0n) is 10.9. The minimum absolute atomic E-state index is 0.251. The van der Waals surface area contributed by atoms with Gasteiger partial charge in [-0.1, -0.05) is 19.1 Å². The molecule has 0 heterocycles. The van der Waals surface area contributed by atoms with Crippen molar-refractivity contribution in [3.05, 3.63) is 29.3 Å². The van der Waals surface area contributed by atoms with E-state index in [1.807, 2.05) is 13.0 Å². The normalized spacial score (nSPS) is 12.5. The molecule has 1 N–H and O–H groups in total. The van der Waals surface area contributed by atoms with Gasteiger partial charge in [-0.3, -0.25) is 4.39 Å². The van der Waals surface area contributed by atoms with Gasteiger partial charge in [-0.15, -0.1) is 0 Å². The molecule has 0 spiro atoms. The quantitative estimate of drug-likeness (QED) is 0.736. The van der Waals surface area contributed by atoms with Crippen LogP contribution in [0.1, 0.15) is 37.4 Å². The van der Waals surface area contributed by atoms with Gasteiger partial charge in [0.1, 0.15) is 5.75 Å². The van der Waals surface area contributed by atoms with Crippen LogP contribution < -0.4 is 10.1 Å². The van der Waals surface area contributed by atoms with Crippen LogP contribution in [-0.2, 0) is 0 Å². The molecule has 0 aliphatic heterocycles. The Morgan fingerprint density at radius 3 is 2.82 bits per heavy atom. The summed E-state index contributed by atoms with van der Waals surface area (Å²) in [6.45, 7) is 7.24. The minimum atomic E-state index is -0.329. The lowest BCUT2D eigenvalue weighted by atomic mass is 10.0. The molecule has 0 saturated carbocycles.